The first-order chi connectivity index (χ1) is 15.4. The van der Waals surface area contributed by atoms with Crippen LogP contribution in [0.15, 0.2) is 54.6 Å². The minimum atomic E-state index is -3.95. The molecule has 0 heterocycles. The van der Waals surface area contributed by atoms with Gasteiger partial charge in [-0.2, -0.15) is 12.7 Å². The number of carbonyl (C=O) groups excluding carboxylic acids is 2. The van der Waals surface area contributed by atoms with Gasteiger partial charge in [0.15, 0.2) is 0 Å². The number of hydrogen-bond acceptors (Lipinski definition) is 4. The van der Waals surface area contributed by atoms with Gasteiger partial charge in [0.2, 0.25) is 11.8 Å². The van der Waals surface area contributed by atoms with E-state index in [2.05, 4.69) is 5.32 Å². The van der Waals surface area contributed by atoms with E-state index in [9.17, 15) is 18.0 Å². The van der Waals surface area contributed by atoms with Crippen molar-refractivity contribution in [2.24, 2.45) is 0 Å². The predicted molar refractivity (Wildman–Crippen MR) is 131 cm³/mol. The monoisotopic (exact) mass is 474 g/mol. The van der Waals surface area contributed by atoms with Crippen LogP contribution >= 0.6 is 0 Å². The number of rotatable bonds is 10. The van der Waals surface area contributed by atoms with Gasteiger partial charge in [0.1, 0.15) is 12.6 Å². The Balaban J connectivity index is 2.44. The highest BCUT2D eigenvalue weighted by Crippen LogP contribution is 2.21. The lowest BCUT2D eigenvalue weighted by Crippen LogP contribution is -2.53. The van der Waals surface area contributed by atoms with Crippen molar-refractivity contribution in [3.8, 4) is 0 Å². The zero-order valence-electron chi connectivity index (χ0n) is 20.1. The van der Waals surface area contributed by atoms with Crippen molar-refractivity contribution < 1.29 is 18.0 Å². The fraction of sp³-hybridized carbons (Fsp3) is 0.417. The number of anilines is 1. The Morgan fingerprint density at radius 2 is 1.52 bits per heavy atom. The molecule has 0 unspecified atom stereocenters. The molecule has 1 N–H and O–H groups in total. The standard InChI is InChI=1S/C24H34N4O4S/c1-18(2)25-24(30)20(4)27(16-21-13-11-10-12-19(21)3)23(29)17-28(33(31,32)26(5)6)22-14-8-7-9-15-22/h7-15,18,20H,16-17H2,1-6H3,(H,25,30)/t20-/m0/s1. The van der Waals surface area contributed by atoms with Crippen molar-refractivity contribution in [1.82, 2.24) is 14.5 Å². The van der Waals surface area contributed by atoms with Crippen LogP contribution < -0.4 is 9.62 Å². The Hall–Kier alpha value is -2.91. The summed E-state index contributed by atoms with van der Waals surface area (Å²) in [4.78, 5) is 27.8. The molecule has 0 fully saturated rings. The van der Waals surface area contributed by atoms with Crippen LogP contribution in [0.5, 0.6) is 0 Å². The Morgan fingerprint density at radius 3 is 2.06 bits per heavy atom. The molecule has 0 saturated heterocycles. The van der Waals surface area contributed by atoms with Gasteiger partial charge in [-0.3, -0.25) is 9.59 Å². The second kappa shape index (κ2) is 11.3. The van der Waals surface area contributed by atoms with Crippen molar-refractivity contribution in [3.63, 3.8) is 0 Å². The number of aryl methyl sites for hydroxylation is 1. The molecule has 0 aliphatic carbocycles. The summed E-state index contributed by atoms with van der Waals surface area (Å²) < 4.78 is 28.2. The van der Waals surface area contributed by atoms with Crippen LogP contribution in [0.1, 0.15) is 31.9 Å². The number of para-hydroxylation sites is 1. The van der Waals surface area contributed by atoms with Crippen LogP contribution in [0.25, 0.3) is 0 Å². The summed E-state index contributed by atoms with van der Waals surface area (Å²) in [6, 6.07) is 15.2. The summed E-state index contributed by atoms with van der Waals surface area (Å²) in [6.07, 6.45) is 0. The van der Waals surface area contributed by atoms with E-state index < -0.39 is 28.7 Å². The number of benzene rings is 2. The predicted octanol–water partition coefficient (Wildman–Crippen LogP) is 2.55. The largest absolute Gasteiger partial charge is 0.352 e. The molecule has 9 heteroatoms. The van der Waals surface area contributed by atoms with E-state index in [1.165, 1.54) is 19.0 Å². The second-order valence-corrected chi connectivity index (χ2v) is 10.5. The highest BCUT2D eigenvalue weighted by molar-refractivity contribution is 7.90. The second-order valence-electron chi connectivity index (χ2n) is 8.42. The molecular weight excluding hydrogens is 440 g/mol. The van der Waals surface area contributed by atoms with Gasteiger partial charge in [0.25, 0.3) is 0 Å². The molecule has 33 heavy (non-hydrogen) atoms. The van der Waals surface area contributed by atoms with Crippen LogP contribution in [0.3, 0.4) is 0 Å². The molecule has 8 nitrogen and oxygen atoms in total. The number of carbonyl (C=O) groups is 2. The highest BCUT2D eigenvalue weighted by Gasteiger charge is 2.32. The first-order valence-electron chi connectivity index (χ1n) is 10.8. The first kappa shape index (κ1) is 26.3. The molecule has 0 bridgehead atoms. The molecule has 0 aliphatic heterocycles. The maximum atomic E-state index is 13.6. The van der Waals surface area contributed by atoms with E-state index in [-0.39, 0.29) is 18.5 Å². The lowest BCUT2D eigenvalue weighted by atomic mass is 10.1. The molecule has 0 spiro atoms. The molecule has 2 aromatic rings. The number of amides is 2. The number of nitrogens with one attached hydrogen (secondary N) is 1. The normalized spacial score (nSPS) is 12.5. The van der Waals surface area contributed by atoms with E-state index in [0.717, 1.165) is 19.7 Å². The van der Waals surface area contributed by atoms with Gasteiger partial charge in [-0.05, 0) is 51.0 Å². The van der Waals surface area contributed by atoms with E-state index in [1.54, 1.807) is 37.3 Å². The van der Waals surface area contributed by atoms with Gasteiger partial charge in [-0.25, -0.2) is 4.31 Å². The fourth-order valence-electron chi connectivity index (χ4n) is 3.27. The number of hydrogen-bond donors (Lipinski definition) is 1. The molecule has 0 saturated carbocycles. The molecule has 0 radical (unpaired) electrons. The lowest BCUT2D eigenvalue weighted by molar-refractivity contribution is -0.139. The minimum absolute atomic E-state index is 0.0923. The van der Waals surface area contributed by atoms with E-state index in [1.807, 2.05) is 45.0 Å². The summed E-state index contributed by atoms with van der Waals surface area (Å²) in [5.74, 6) is -0.771. The zero-order chi connectivity index (χ0) is 24.8. The minimum Gasteiger partial charge on any atom is -0.352 e. The zero-order valence-corrected chi connectivity index (χ0v) is 21.0. The average molecular weight is 475 g/mol. The van der Waals surface area contributed by atoms with E-state index >= 15 is 0 Å². The lowest BCUT2D eigenvalue weighted by Gasteiger charge is -2.33. The van der Waals surface area contributed by atoms with Gasteiger partial charge in [0, 0.05) is 26.7 Å². The summed E-state index contributed by atoms with van der Waals surface area (Å²) >= 11 is 0. The Morgan fingerprint density at radius 1 is 0.939 bits per heavy atom. The quantitative estimate of drug-likeness (QED) is 0.573. The number of nitrogens with zero attached hydrogens (tertiary/aromatic N) is 3. The van der Waals surface area contributed by atoms with Gasteiger partial charge in [-0.15, -0.1) is 0 Å². The SMILES string of the molecule is Cc1ccccc1CN(C(=O)CN(c1ccccc1)S(=O)(=O)N(C)C)[C@@H](C)C(=O)NC(C)C. The molecular formula is C24H34N4O4S. The summed E-state index contributed by atoms with van der Waals surface area (Å²) in [5, 5.41) is 2.84. The summed E-state index contributed by atoms with van der Waals surface area (Å²) in [7, 11) is -1.12. The Bertz CT molecular complexity index is 1060. The molecule has 1 atom stereocenters. The average Bonchev–Trinajstić information content (AvgIpc) is 2.76. The van der Waals surface area contributed by atoms with E-state index in [0.29, 0.717) is 5.69 Å². The van der Waals surface area contributed by atoms with Crippen molar-refractivity contribution >= 4 is 27.7 Å². The van der Waals surface area contributed by atoms with Gasteiger partial charge >= 0.3 is 10.2 Å². The molecule has 0 aromatic heterocycles. The first-order valence-corrected chi connectivity index (χ1v) is 12.2. The van der Waals surface area contributed by atoms with Crippen molar-refractivity contribution in [2.45, 2.75) is 46.3 Å². The smallest absolute Gasteiger partial charge is 0.304 e. The summed E-state index contributed by atoms with van der Waals surface area (Å²) in [6.45, 7) is 7.03. The highest BCUT2D eigenvalue weighted by atomic mass is 32.2. The molecule has 2 rings (SSSR count). The third-order valence-electron chi connectivity index (χ3n) is 5.26. The topological polar surface area (TPSA) is 90.0 Å². The van der Waals surface area contributed by atoms with Crippen LogP contribution in [0.2, 0.25) is 0 Å². The van der Waals surface area contributed by atoms with Crippen molar-refractivity contribution in [3.05, 3.63) is 65.7 Å². The van der Waals surface area contributed by atoms with Crippen LogP contribution in [-0.4, -0.2) is 62.2 Å². The van der Waals surface area contributed by atoms with Crippen LogP contribution in [0, 0.1) is 6.92 Å². The molecule has 2 aromatic carbocycles. The maximum absolute atomic E-state index is 13.6. The molecule has 180 valence electrons. The van der Waals surface area contributed by atoms with Gasteiger partial charge in [-0.1, -0.05) is 42.5 Å². The Labute approximate surface area is 197 Å². The Kier molecular flexibility index (Phi) is 9.01. The fourth-order valence-corrected chi connectivity index (χ4v) is 4.33. The van der Waals surface area contributed by atoms with Gasteiger partial charge < -0.3 is 10.2 Å². The van der Waals surface area contributed by atoms with Crippen molar-refractivity contribution in [2.75, 3.05) is 24.9 Å². The van der Waals surface area contributed by atoms with E-state index in [4.69, 9.17) is 0 Å². The summed E-state index contributed by atoms with van der Waals surface area (Å²) in [5.41, 5.74) is 2.24. The molecule has 2 amide bonds. The third kappa shape index (κ3) is 6.79. The van der Waals surface area contributed by atoms with Gasteiger partial charge in [0.05, 0.1) is 5.69 Å². The molecule has 0 aliphatic rings. The third-order valence-corrected chi connectivity index (χ3v) is 7.08. The van der Waals surface area contributed by atoms with Crippen molar-refractivity contribution in [1.29, 1.82) is 0 Å². The maximum Gasteiger partial charge on any atom is 0.304 e. The van der Waals surface area contributed by atoms with Crippen LogP contribution in [0.4, 0.5) is 5.69 Å². The van der Waals surface area contributed by atoms with Crippen LogP contribution in [-0.2, 0) is 26.3 Å².